The molecule has 0 aliphatic carbocycles. The van der Waals surface area contributed by atoms with Crippen LogP contribution in [0.15, 0.2) is 42.7 Å². The number of anilines is 2. The molecule has 1 atom stereocenters. The highest BCUT2D eigenvalue weighted by molar-refractivity contribution is 6.30. The van der Waals surface area contributed by atoms with Crippen molar-refractivity contribution in [1.29, 1.82) is 0 Å². The zero-order valence-electron chi connectivity index (χ0n) is 16.0. The van der Waals surface area contributed by atoms with Gasteiger partial charge in [-0.25, -0.2) is 14.6 Å². The number of aryl methyl sites for hydroxylation is 2. The van der Waals surface area contributed by atoms with Gasteiger partial charge in [0.2, 0.25) is 11.8 Å². The van der Waals surface area contributed by atoms with Crippen LogP contribution in [-0.2, 0) is 9.59 Å². The van der Waals surface area contributed by atoms with Gasteiger partial charge in [0.25, 0.3) is 5.95 Å². The van der Waals surface area contributed by atoms with Crippen LogP contribution in [0.4, 0.5) is 11.4 Å². The summed E-state index contributed by atoms with van der Waals surface area (Å²) in [5, 5.41) is 7.72. The Morgan fingerprint density at radius 2 is 1.86 bits per heavy atom. The summed E-state index contributed by atoms with van der Waals surface area (Å²) < 4.78 is 1.64. The average Bonchev–Trinajstić information content (AvgIpc) is 3.25. The molecule has 9 heteroatoms. The normalized spacial score (nSPS) is 16.3. The predicted molar refractivity (Wildman–Crippen MR) is 109 cm³/mol. The van der Waals surface area contributed by atoms with E-state index in [1.807, 2.05) is 19.9 Å². The van der Waals surface area contributed by atoms with Gasteiger partial charge in [-0.05, 0) is 44.2 Å². The lowest BCUT2D eigenvalue weighted by Crippen LogP contribution is -2.28. The van der Waals surface area contributed by atoms with Crippen LogP contribution in [-0.4, -0.2) is 38.1 Å². The van der Waals surface area contributed by atoms with Crippen LogP contribution in [0.2, 0.25) is 5.02 Å². The van der Waals surface area contributed by atoms with Gasteiger partial charge in [-0.15, -0.1) is 0 Å². The first kappa shape index (κ1) is 19.1. The molecule has 0 bridgehead atoms. The molecule has 1 fully saturated rings. The highest BCUT2D eigenvalue weighted by Crippen LogP contribution is 2.27. The van der Waals surface area contributed by atoms with E-state index in [0.29, 0.717) is 23.2 Å². The van der Waals surface area contributed by atoms with Gasteiger partial charge in [-0.3, -0.25) is 9.59 Å². The van der Waals surface area contributed by atoms with E-state index in [-0.39, 0.29) is 18.2 Å². The molecule has 148 valence electrons. The Bertz CT molecular complexity index is 1060. The van der Waals surface area contributed by atoms with Gasteiger partial charge in [0.05, 0.1) is 29.7 Å². The minimum absolute atomic E-state index is 0.0939. The Kier molecular flexibility index (Phi) is 5.02. The van der Waals surface area contributed by atoms with E-state index in [4.69, 9.17) is 11.6 Å². The predicted octanol–water partition coefficient (Wildman–Crippen LogP) is 2.92. The van der Waals surface area contributed by atoms with E-state index in [1.165, 1.54) is 12.4 Å². The lowest BCUT2D eigenvalue weighted by molar-refractivity contribution is -0.122. The number of carbonyl (C=O) groups excluding carboxylic acids is 2. The van der Waals surface area contributed by atoms with Gasteiger partial charge in [-0.1, -0.05) is 11.6 Å². The summed E-state index contributed by atoms with van der Waals surface area (Å²) in [5.74, 6) is -0.353. The van der Waals surface area contributed by atoms with Crippen molar-refractivity contribution in [3.05, 3.63) is 59.1 Å². The number of rotatable bonds is 4. The molecule has 8 nitrogen and oxygen atoms in total. The van der Waals surface area contributed by atoms with Crippen LogP contribution in [0.5, 0.6) is 0 Å². The zero-order chi connectivity index (χ0) is 20.5. The molecule has 1 N–H and O–H groups in total. The summed E-state index contributed by atoms with van der Waals surface area (Å²) in [4.78, 5) is 35.1. The third-order valence-electron chi connectivity index (χ3n) is 4.74. The minimum Gasteiger partial charge on any atom is -0.323 e. The van der Waals surface area contributed by atoms with Crippen LogP contribution >= 0.6 is 11.6 Å². The van der Waals surface area contributed by atoms with E-state index < -0.39 is 5.92 Å². The minimum atomic E-state index is -0.450. The molecular weight excluding hydrogens is 392 g/mol. The van der Waals surface area contributed by atoms with E-state index in [1.54, 1.807) is 33.8 Å². The molecule has 1 aliphatic heterocycles. The van der Waals surface area contributed by atoms with Crippen molar-refractivity contribution in [2.24, 2.45) is 5.92 Å². The van der Waals surface area contributed by atoms with Gasteiger partial charge in [0.15, 0.2) is 0 Å². The van der Waals surface area contributed by atoms with Crippen molar-refractivity contribution in [1.82, 2.24) is 19.7 Å². The smallest absolute Gasteiger partial charge is 0.250 e. The van der Waals surface area contributed by atoms with E-state index in [2.05, 4.69) is 20.4 Å². The fourth-order valence-corrected chi connectivity index (χ4v) is 3.45. The standard InChI is InChI=1S/C20H19ClN6O2/c1-12-7-13(2)27(25-12)20-22-9-16(10-23-20)24-19(29)14-8-18(28)26(11-14)17-5-3-15(21)4-6-17/h3-7,9-10,14H,8,11H2,1-2H3,(H,24,29). The number of benzene rings is 1. The number of amides is 2. The van der Waals surface area contributed by atoms with E-state index >= 15 is 0 Å². The molecule has 1 unspecified atom stereocenters. The number of nitrogens with zero attached hydrogens (tertiary/aromatic N) is 5. The van der Waals surface area contributed by atoms with Gasteiger partial charge in [0.1, 0.15) is 0 Å². The second kappa shape index (κ2) is 7.63. The third kappa shape index (κ3) is 3.97. The van der Waals surface area contributed by atoms with Crippen molar-refractivity contribution < 1.29 is 9.59 Å². The maximum absolute atomic E-state index is 12.6. The van der Waals surface area contributed by atoms with Crippen LogP contribution in [0.3, 0.4) is 0 Å². The lowest BCUT2D eigenvalue weighted by Gasteiger charge is -2.16. The molecule has 0 saturated carbocycles. The monoisotopic (exact) mass is 410 g/mol. The van der Waals surface area contributed by atoms with Gasteiger partial charge >= 0.3 is 0 Å². The second-order valence-corrected chi connectivity index (χ2v) is 7.42. The van der Waals surface area contributed by atoms with Crippen LogP contribution in [0, 0.1) is 19.8 Å². The highest BCUT2D eigenvalue weighted by atomic mass is 35.5. The van der Waals surface area contributed by atoms with Crippen molar-refractivity contribution >= 4 is 34.8 Å². The Hall–Kier alpha value is -3.26. The Morgan fingerprint density at radius 3 is 2.48 bits per heavy atom. The van der Waals surface area contributed by atoms with Gasteiger partial charge in [-0.2, -0.15) is 5.10 Å². The van der Waals surface area contributed by atoms with Crippen molar-refractivity contribution in [3.8, 4) is 5.95 Å². The summed E-state index contributed by atoms with van der Waals surface area (Å²) >= 11 is 5.90. The fourth-order valence-electron chi connectivity index (χ4n) is 3.32. The second-order valence-electron chi connectivity index (χ2n) is 6.98. The molecule has 0 spiro atoms. The number of halogens is 1. The molecule has 1 aliphatic rings. The zero-order valence-corrected chi connectivity index (χ0v) is 16.7. The highest BCUT2D eigenvalue weighted by Gasteiger charge is 2.35. The summed E-state index contributed by atoms with van der Waals surface area (Å²) in [6, 6.07) is 8.92. The van der Waals surface area contributed by atoms with E-state index in [9.17, 15) is 9.59 Å². The van der Waals surface area contributed by atoms with Crippen LogP contribution in [0.25, 0.3) is 5.95 Å². The molecule has 0 radical (unpaired) electrons. The Balaban J connectivity index is 1.42. The van der Waals surface area contributed by atoms with Crippen molar-refractivity contribution in [3.63, 3.8) is 0 Å². The third-order valence-corrected chi connectivity index (χ3v) is 4.99. The summed E-state index contributed by atoms with van der Waals surface area (Å²) in [6.07, 6.45) is 3.22. The first-order valence-electron chi connectivity index (χ1n) is 9.13. The largest absolute Gasteiger partial charge is 0.323 e. The molecule has 1 saturated heterocycles. The first-order chi connectivity index (χ1) is 13.9. The van der Waals surface area contributed by atoms with Gasteiger partial charge < -0.3 is 10.2 Å². The molecular formula is C20H19ClN6O2. The van der Waals surface area contributed by atoms with Crippen molar-refractivity contribution in [2.45, 2.75) is 20.3 Å². The average molecular weight is 411 g/mol. The molecule has 2 amide bonds. The Labute approximate surface area is 172 Å². The number of hydrogen-bond acceptors (Lipinski definition) is 5. The van der Waals surface area contributed by atoms with Crippen LogP contribution in [0.1, 0.15) is 17.8 Å². The molecule has 3 aromatic rings. The number of hydrogen-bond donors (Lipinski definition) is 1. The van der Waals surface area contributed by atoms with Crippen molar-refractivity contribution in [2.75, 3.05) is 16.8 Å². The number of aromatic nitrogens is 4. The molecule has 3 heterocycles. The summed E-state index contributed by atoms with van der Waals surface area (Å²) in [7, 11) is 0. The Morgan fingerprint density at radius 1 is 1.17 bits per heavy atom. The molecule has 1 aromatic carbocycles. The maximum atomic E-state index is 12.6. The number of carbonyl (C=O) groups is 2. The topological polar surface area (TPSA) is 93.0 Å². The molecule has 2 aromatic heterocycles. The number of nitrogens with one attached hydrogen (secondary N) is 1. The fraction of sp³-hybridized carbons (Fsp3) is 0.250. The van der Waals surface area contributed by atoms with Gasteiger partial charge in [0, 0.05) is 29.4 Å². The summed E-state index contributed by atoms with van der Waals surface area (Å²) in [5.41, 5.74) is 3.00. The molecule has 29 heavy (non-hydrogen) atoms. The summed E-state index contributed by atoms with van der Waals surface area (Å²) in [6.45, 7) is 4.13. The molecule has 4 rings (SSSR count). The van der Waals surface area contributed by atoms with E-state index in [0.717, 1.165) is 17.1 Å². The lowest BCUT2D eigenvalue weighted by atomic mass is 10.1. The maximum Gasteiger partial charge on any atom is 0.250 e. The first-order valence-corrected chi connectivity index (χ1v) is 9.51. The quantitative estimate of drug-likeness (QED) is 0.713. The SMILES string of the molecule is Cc1cc(C)n(-c2ncc(NC(=O)C3CC(=O)N(c4ccc(Cl)cc4)C3)cn2)n1. The van der Waals surface area contributed by atoms with Crippen LogP contribution < -0.4 is 10.2 Å².